The van der Waals surface area contributed by atoms with Crippen molar-refractivity contribution in [1.29, 1.82) is 0 Å². The number of unbranched alkanes of at least 4 members (excludes halogenated alkanes) is 1. The molecule has 0 spiro atoms. The molecule has 0 bridgehead atoms. The molecular weight excluding hydrogens is 557 g/mol. The summed E-state index contributed by atoms with van der Waals surface area (Å²) in [5.74, 6) is -1.39. The number of hydrogen-bond donors (Lipinski definition) is 3. The molecule has 9 heteroatoms. The van der Waals surface area contributed by atoms with Crippen molar-refractivity contribution in [3.8, 4) is 0 Å². The molecule has 0 atom stereocenters. The third-order valence-electron chi connectivity index (χ3n) is 7.47. The quantitative estimate of drug-likeness (QED) is 0.155. The van der Waals surface area contributed by atoms with Crippen LogP contribution in [0.2, 0.25) is 0 Å². The number of benzene rings is 1. The van der Waals surface area contributed by atoms with Crippen LogP contribution < -0.4 is 10.6 Å². The molecule has 2 aromatic rings. The van der Waals surface area contributed by atoms with Gasteiger partial charge in [-0.1, -0.05) is 50.5 Å². The Bertz CT molecular complexity index is 1380. The molecule has 3 rings (SSSR count). The second-order valence-corrected chi connectivity index (χ2v) is 11.3. The van der Waals surface area contributed by atoms with E-state index in [1.165, 1.54) is 31.0 Å². The molecule has 0 aliphatic carbocycles. The van der Waals surface area contributed by atoms with Gasteiger partial charge in [0.25, 0.3) is 11.8 Å². The Morgan fingerprint density at radius 2 is 1.84 bits per heavy atom. The summed E-state index contributed by atoms with van der Waals surface area (Å²) in [5, 5.41) is 19.2. The van der Waals surface area contributed by atoms with Crippen LogP contribution in [0.15, 0.2) is 71.6 Å². The number of allylic oxidation sites excluding steroid dienone is 6. The van der Waals surface area contributed by atoms with Crippen molar-refractivity contribution >= 4 is 23.1 Å². The number of nitrogens with one attached hydrogen (secondary N) is 2. The van der Waals surface area contributed by atoms with E-state index in [9.17, 15) is 19.1 Å². The SMILES string of the molecule is CCC/C=C/C(=C\C(/C=C(\CCC)c1cnn(CCO)c1)=C(C)C)C(=O)Nc1cc(C(=O)NCCN2CCCC2)ccc1F. The molecule has 1 aromatic heterocycles. The maximum absolute atomic E-state index is 14.9. The van der Waals surface area contributed by atoms with Gasteiger partial charge in [0.05, 0.1) is 25.0 Å². The minimum absolute atomic E-state index is 0.00534. The van der Waals surface area contributed by atoms with Gasteiger partial charge in [0.2, 0.25) is 0 Å². The molecule has 2 heterocycles. The van der Waals surface area contributed by atoms with Gasteiger partial charge in [-0.2, -0.15) is 5.10 Å². The molecule has 1 aliphatic rings. The van der Waals surface area contributed by atoms with Gasteiger partial charge in [-0.3, -0.25) is 14.3 Å². The van der Waals surface area contributed by atoms with Crippen LogP contribution in [0.4, 0.5) is 10.1 Å². The van der Waals surface area contributed by atoms with Crippen molar-refractivity contribution in [2.75, 3.05) is 38.1 Å². The molecule has 0 radical (unpaired) electrons. The molecule has 3 N–H and O–H groups in total. The van der Waals surface area contributed by atoms with Crippen LogP contribution in [0.3, 0.4) is 0 Å². The third kappa shape index (κ3) is 10.7. The molecule has 238 valence electrons. The molecule has 8 nitrogen and oxygen atoms in total. The number of hydrogen-bond acceptors (Lipinski definition) is 5. The smallest absolute Gasteiger partial charge is 0.255 e. The summed E-state index contributed by atoms with van der Waals surface area (Å²) in [4.78, 5) is 28.7. The van der Waals surface area contributed by atoms with Crippen molar-refractivity contribution < 1.29 is 19.1 Å². The fraction of sp³-hybridized carbons (Fsp3) is 0.457. The summed E-state index contributed by atoms with van der Waals surface area (Å²) in [7, 11) is 0. The second-order valence-electron chi connectivity index (χ2n) is 11.3. The van der Waals surface area contributed by atoms with E-state index in [1.807, 2.05) is 32.2 Å². The predicted octanol–water partition coefficient (Wildman–Crippen LogP) is 6.28. The van der Waals surface area contributed by atoms with Gasteiger partial charge in [0.15, 0.2) is 0 Å². The topological polar surface area (TPSA) is 99.5 Å². The van der Waals surface area contributed by atoms with E-state index < -0.39 is 11.7 Å². The molecule has 1 aromatic carbocycles. The highest BCUT2D eigenvalue weighted by molar-refractivity contribution is 6.07. The number of aliphatic hydroxyl groups is 1. The number of rotatable bonds is 16. The number of aromatic nitrogens is 2. The zero-order valence-corrected chi connectivity index (χ0v) is 26.7. The van der Waals surface area contributed by atoms with Crippen LogP contribution in [-0.4, -0.2) is 64.4 Å². The Morgan fingerprint density at radius 1 is 1.07 bits per heavy atom. The number of anilines is 1. The van der Waals surface area contributed by atoms with E-state index in [0.717, 1.165) is 67.6 Å². The zero-order valence-electron chi connectivity index (χ0n) is 26.7. The number of amides is 2. The highest BCUT2D eigenvalue weighted by Gasteiger charge is 2.16. The lowest BCUT2D eigenvalue weighted by Crippen LogP contribution is -2.33. The van der Waals surface area contributed by atoms with Crippen LogP contribution in [-0.2, 0) is 11.3 Å². The Kier molecular flexibility index (Phi) is 14.3. The molecular formula is C35H48FN5O3. The first-order valence-corrected chi connectivity index (χ1v) is 15.8. The van der Waals surface area contributed by atoms with Gasteiger partial charge in [-0.15, -0.1) is 0 Å². The highest BCUT2D eigenvalue weighted by atomic mass is 19.1. The number of halogens is 1. The van der Waals surface area contributed by atoms with Crippen LogP contribution in [0.25, 0.3) is 5.57 Å². The largest absolute Gasteiger partial charge is 0.394 e. The van der Waals surface area contributed by atoms with E-state index in [4.69, 9.17) is 0 Å². The molecule has 0 unspecified atom stereocenters. The maximum atomic E-state index is 14.9. The molecule has 2 amide bonds. The standard InChI is InChI=1S/C35H48FN5O3/c1-5-7-8-12-28(22-30(26(3)4)21-27(11-6-2)31-24-38-41(25-31)19-20-42)35(44)39-33-23-29(13-14-32(33)36)34(43)37-15-18-40-16-9-10-17-40/h8,12-14,21-25,42H,5-7,9-11,15-20H2,1-4H3,(H,37,43)(H,39,44)/b12-8+,27-21+,28-22+. The summed E-state index contributed by atoms with van der Waals surface area (Å²) in [6, 6.07) is 4.02. The highest BCUT2D eigenvalue weighted by Crippen LogP contribution is 2.25. The van der Waals surface area contributed by atoms with Crippen molar-refractivity contribution in [2.45, 2.75) is 72.8 Å². The van der Waals surface area contributed by atoms with Crippen molar-refractivity contribution in [2.24, 2.45) is 0 Å². The number of likely N-dealkylation sites (tertiary alicyclic amines) is 1. The summed E-state index contributed by atoms with van der Waals surface area (Å²) < 4.78 is 16.6. The van der Waals surface area contributed by atoms with Crippen molar-refractivity contribution in [3.63, 3.8) is 0 Å². The summed E-state index contributed by atoms with van der Waals surface area (Å²) >= 11 is 0. The van der Waals surface area contributed by atoms with Crippen LogP contribution in [0, 0.1) is 5.82 Å². The van der Waals surface area contributed by atoms with Crippen LogP contribution in [0.1, 0.15) is 82.1 Å². The first-order valence-electron chi connectivity index (χ1n) is 15.8. The summed E-state index contributed by atoms with van der Waals surface area (Å²) in [6.07, 6.45) is 17.1. The minimum Gasteiger partial charge on any atom is -0.394 e. The maximum Gasteiger partial charge on any atom is 0.255 e. The van der Waals surface area contributed by atoms with Gasteiger partial charge >= 0.3 is 0 Å². The van der Waals surface area contributed by atoms with E-state index in [-0.39, 0.29) is 23.8 Å². The van der Waals surface area contributed by atoms with Crippen LogP contribution >= 0.6 is 0 Å². The lowest BCUT2D eigenvalue weighted by molar-refractivity contribution is -0.112. The number of carbonyl (C=O) groups excluding carboxylic acids is 2. The third-order valence-corrected chi connectivity index (χ3v) is 7.47. The molecule has 44 heavy (non-hydrogen) atoms. The van der Waals surface area contributed by atoms with Gasteiger partial charge in [0, 0.05) is 36.0 Å². The first-order chi connectivity index (χ1) is 21.2. The Hall–Kier alpha value is -3.82. The van der Waals surface area contributed by atoms with Gasteiger partial charge < -0.3 is 20.6 Å². The average molecular weight is 606 g/mol. The average Bonchev–Trinajstić information content (AvgIpc) is 3.69. The number of aliphatic hydroxyl groups excluding tert-OH is 1. The van der Waals surface area contributed by atoms with Crippen molar-refractivity contribution in [1.82, 2.24) is 20.0 Å². The summed E-state index contributed by atoms with van der Waals surface area (Å²) in [5.41, 5.74) is 4.50. The fourth-order valence-electron chi connectivity index (χ4n) is 4.97. The molecule has 1 fully saturated rings. The normalized spacial score (nSPS) is 14.3. The minimum atomic E-state index is -0.615. The molecule has 1 saturated heterocycles. The van der Waals surface area contributed by atoms with E-state index in [1.54, 1.807) is 17.0 Å². The van der Waals surface area contributed by atoms with Gasteiger partial charge in [-0.05, 0) is 88.0 Å². The fourth-order valence-corrected chi connectivity index (χ4v) is 4.97. The van der Waals surface area contributed by atoms with E-state index >= 15 is 0 Å². The Labute approximate surface area is 261 Å². The van der Waals surface area contributed by atoms with E-state index in [2.05, 4.69) is 40.6 Å². The molecule has 0 saturated carbocycles. The monoisotopic (exact) mass is 605 g/mol. The van der Waals surface area contributed by atoms with Gasteiger partial charge in [-0.25, -0.2) is 4.39 Å². The van der Waals surface area contributed by atoms with E-state index in [0.29, 0.717) is 18.7 Å². The number of nitrogens with zero attached hydrogens (tertiary/aromatic N) is 3. The van der Waals surface area contributed by atoms with Gasteiger partial charge in [0.1, 0.15) is 5.82 Å². The lowest BCUT2D eigenvalue weighted by atomic mass is 9.97. The predicted molar refractivity (Wildman–Crippen MR) is 176 cm³/mol. The van der Waals surface area contributed by atoms with Crippen LogP contribution in [0.5, 0.6) is 0 Å². The van der Waals surface area contributed by atoms with Crippen molar-refractivity contribution in [3.05, 3.63) is 88.6 Å². The zero-order chi connectivity index (χ0) is 31.9. The Morgan fingerprint density at radius 3 is 2.52 bits per heavy atom. The second kappa shape index (κ2) is 18.1. The lowest BCUT2D eigenvalue weighted by Gasteiger charge is -2.15. The first kappa shape index (κ1) is 34.7. The molecule has 1 aliphatic heterocycles. The summed E-state index contributed by atoms with van der Waals surface area (Å²) in [6.45, 7) is 11.9. The Balaban J connectivity index is 1.86. The number of carbonyl (C=O) groups is 2.